The van der Waals surface area contributed by atoms with Crippen molar-refractivity contribution in [3.8, 4) is 0 Å². The van der Waals surface area contributed by atoms with E-state index in [4.69, 9.17) is 17.3 Å². The van der Waals surface area contributed by atoms with E-state index in [-0.39, 0.29) is 0 Å². The minimum absolute atomic E-state index is 0.363. The van der Waals surface area contributed by atoms with Crippen molar-refractivity contribution in [1.82, 2.24) is 4.98 Å². The highest BCUT2D eigenvalue weighted by atomic mass is 35.5. The molecule has 2 heterocycles. The van der Waals surface area contributed by atoms with Crippen LogP contribution in [-0.2, 0) is 0 Å². The molecule has 1 aliphatic rings. The molecule has 0 saturated carbocycles. The van der Waals surface area contributed by atoms with Gasteiger partial charge in [-0.2, -0.15) is 0 Å². The Hall–Kier alpha value is -0.800. The molecule has 0 spiro atoms. The van der Waals surface area contributed by atoms with Crippen molar-refractivity contribution in [2.45, 2.75) is 25.8 Å². The summed E-state index contributed by atoms with van der Waals surface area (Å²) in [6.45, 7) is 4.03. The number of aryl methyl sites for hydroxylation is 1. The van der Waals surface area contributed by atoms with Crippen LogP contribution in [0.15, 0.2) is 12.1 Å². The fraction of sp³-hybridized carbons (Fsp3) is 0.545. The maximum atomic E-state index is 5.87. The summed E-state index contributed by atoms with van der Waals surface area (Å²) in [5, 5.41) is 0.560. The number of hydrogen-bond donors (Lipinski definition) is 1. The molecule has 0 unspecified atom stereocenters. The lowest BCUT2D eigenvalue weighted by molar-refractivity contribution is 0.500. The number of nitrogens with two attached hydrogens (primary N) is 1. The maximum Gasteiger partial charge on any atom is 0.129 e. The molecule has 1 fully saturated rings. The SMILES string of the molecule is Cc1nc(Cl)ccc1N1CCC(N)CC1. The first kappa shape index (κ1) is 10.7. The summed E-state index contributed by atoms with van der Waals surface area (Å²) in [5.74, 6) is 0. The van der Waals surface area contributed by atoms with Crippen LogP contribution in [0, 0.1) is 6.92 Å². The first-order chi connectivity index (χ1) is 7.16. The maximum absolute atomic E-state index is 5.87. The van der Waals surface area contributed by atoms with E-state index in [1.165, 1.54) is 5.69 Å². The van der Waals surface area contributed by atoms with Gasteiger partial charge in [-0.05, 0) is 31.9 Å². The van der Waals surface area contributed by atoms with Gasteiger partial charge in [-0.15, -0.1) is 0 Å². The second-order valence-corrected chi connectivity index (χ2v) is 4.45. The number of nitrogens with zero attached hydrogens (tertiary/aromatic N) is 2. The van der Waals surface area contributed by atoms with Crippen LogP contribution in [0.1, 0.15) is 18.5 Å². The van der Waals surface area contributed by atoms with E-state index in [0.717, 1.165) is 31.6 Å². The van der Waals surface area contributed by atoms with E-state index < -0.39 is 0 Å². The number of rotatable bonds is 1. The van der Waals surface area contributed by atoms with Crippen LogP contribution in [0.4, 0.5) is 5.69 Å². The third-order valence-electron chi connectivity index (χ3n) is 2.90. The van der Waals surface area contributed by atoms with Crippen LogP contribution in [-0.4, -0.2) is 24.1 Å². The van der Waals surface area contributed by atoms with Gasteiger partial charge in [0.05, 0.1) is 11.4 Å². The predicted octanol–water partition coefficient (Wildman–Crippen LogP) is 1.97. The fourth-order valence-corrected chi connectivity index (χ4v) is 2.19. The van der Waals surface area contributed by atoms with Crippen LogP contribution in [0.2, 0.25) is 5.15 Å². The largest absolute Gasteiger partial charge is 0.370 e. The van der Waals surface area contributed by atoms with Crippen molar-refractivity contribution in [2.24, 2.45) is 5.73 Å². The average molecular weight is 226 g/mol. The Morgan fingerprint density at radius 2 is 2.07 bits per heavy atom. The summed E-state index contributed by atoms with van der Waals surface area (Å²) in [6, 6.07) is 4.25. The lowest BCUT2D eigenvalue weighted by atomic mass is 10.1. The highest BCUT2D eigenvalue weighted by molar-refractivity contribution is 6.29. The fourth-order valence-electron chi connectivity index (χ4n) is 2.00. The second kappa shape index (κ2) is 4.37. The van der Waals surface area contributed by atoms with Gasteiger partial charge < -0.3 is 10.6 Å². The summed E-state index contributed by atoms with van der Waals surface area (Å²) in [7, 11) is 0. The van der Waals surface area contributed by atoms with E-state index >= 15 is 0 Å². The molecule has 1 aliphatic heterocycles. The molecular weight excluding hydrogens is 210 g/mol. The molecule has 82 valence electrons. The monoisotopic (exact) mass is 225 g/mol. The van der Waals surface area contributed by atoms with Crippen molar-refractivity contribution in [2.75, 3.05) is 18.0 Å². The van der Waals surface area contributed by atoms with Crippen LogP contribution >= 0.6 is 11.6 Å². The minimum Gasteiger partial charge on any atom is -0.370 e. The first-order valence-electron chi connectivity index (χ1n) is 5.30. The zero-order chi connectivity index (χ0) is 10.8. The standard InChI is InChI=1S/C11H16ClN3/c1-8-10(2-3-11(12)14-8)15-6-4-9(13)5-7-15/h2-3,9H,4-7,13H2,1H3. The smallest absolute Gasteiger partial charge is 0.129 e. The Kier molecular flexibility index (Phi) is 3.12. The van der Waals surface area contributed by atoms with Crippen molar-refractivity contribution < 1.29 is 0 Å². The van der Waals surface area contributed by atoms with Gasteiger partial charge in [0.25, 0.3) is 0 Å². The predicted molar refractivity (Wildman–Crippen MR) is 63.4 cm³/mol. The Morgan fingerprint density at radius 3 is 2.67 bits per heavy atom. The third-order valence-corrected chi connectivity index (χ3v) is 3.11. The van der Waals surface area contributed by atoms with Gasteiger partial charge >= 0.3 is 0 Å². The Balaban J connectivity index is 2.15. The normalized spacial score (nSPS) is 18.2. The van der Waals surface area contributed by atoms with Crippen molar-refractivity contribution in [1.29, 1.82) is 0 Å². The molecule has 0 radical (unpaired) electrons. The van der Waals surface area contributed by atoms with Gasteiger partial charge in [0.15, 0.2) is 0 Å². The summed E-state index contributed by atoms with van der Waals surface area (Å²) in [4.78, 5) is 6.60. The Bertz CT molecular complexity index is 346. The Labute approximate surface area is 95.2 Å². The highest BCUT2D eigenvalue weighted by Gasteiger charge is 2.17. The van der Waals surface area contributed by atoms with Gasteiger partial charge in [-0.25, -0.2) is 4.98 Å². The van der Waals surface area contributed by atoms with Gasteiger partial charge in [0.1, 0.15) is 5.15 Å². The molecule has 1 aromatic heterocycles. The van der Waals surface area contributed by atoms with Crippen molar-refractivity contribution >= 4 is 17.3 Å². The number of aromatic nitrogens is 1. The molecule has 2 N–H and O–H groups in total. The number of halogens is 1. The lowest BCUT2D eigenvalue weighted by Gasteiger charge is -2.32. The van der Waals surface area contributed by atoms with E-state index in [9.17, 15) is 0 Å². The summed E-state index contributed by atoms with van der Waals surface area (Å²) >= 11 is 5.83. The molecule has 1 saturated heterocycles. The number of hydrogen-bond acceptors (Lipinski definition) is 3. The van der Waals surface area contributed by atoms with Crippen LogP contribution < -0.4 is 10.6 Å². The number of pyridine rings is 1. The van der Waals surface area contributed by atoms with Gasteiger partial charge in [-0.3, -0.25) is 0 Å². The quantitative estimate of drug-likeness (QED) is 0.744. The second-order valence-electron chi connectivity index (χ2n) is 4.06. The lowest BCUT2D eigenvalue weighted by Crippen LogP contribution is -2.40. The zero-order valence-electron chi connectivity index (χ0n) is 8.91. The molecule has 0 bridgehead atoms. The van der Waals surface area contributed by atoms with Gasteiger partial charge in [0, 0.05) is 19.1 Å². The molecule has 15 heavy (non-hydrogen) atoms. The molecule has 0 atom stereocenters. The molecule has 1 aromatic rings. The summed E-state index contributed by atoms with van der Waals surface area (Å²) in [5.41, 5.74) is 8.06. The third kappa shape index (κ3) is 2.41. The van der Waals surface area contributed by atoms with Gasteiger partial charge in [-0.1, -0.05) is 11.6 Å². The van der Waals surface area contributed by atoms with Gasteiger partial charge in [0.2, 0.25) is 0 Å². The molecule has 0 aliphatic carbocycles. The number of piperidine rings is 1. The topological polar surface area (TPSA) is 42.2 Å². The molecule has 2 rings (SSSR count). The minimum atomic E-state index is 0.363. The highest BCUT2D eigenvalue weighted by Crippen LogP contribution is 2.23. The van der Waals surface area contributed by atoms with Crippen LogP contribution in [0.25, 0.3) is 0 Å². The average Bonchev–Trinajstić information content (AvgIpc) is 2.20. The van der Waals surface area contributed by atoms with E-state index in [1.54, 1.807) is 0 Å². The van der Waals surface area contributed by atoms with E-state index in [0.29, 0.717) is 11.2 Å². The molecule has 3 nitrogen and oxygen atoms in total. The summed E-state index contributed by atoms with van der Waals surface area (Å²) in [6.07, 6.45) is 2.12. The van der Waals surface area contributed by atoms with Crippen LogP contribution in [0.5, 0.6) is 0 Å². The molecule has 4 heteroatoms. The summed E-state index contributed by atoms with van der Waals surface area (Å²) < 4.78 is 0. The Morgan fingerprint density at radius 1 is 1.40 bits per heavy atom. The van der Waals surface area contributed by atoms with Crippen LogP contribution in [0.3, 0.4) is 0 Å². The van der Waals surface area contributed by atoms with E-state index in [1.807, 2.05) is 19.1 Å². The molecular formula is C11H16ClN3. The molecule has 0 aromatic carbocycles. The zero-order valence-corrected chi connectivity index (χ0v) is 9.67. The van der Waals surface area contributed by atoms with E-state index in [2.05, 4.69) is 9.88 Å². The molecule has 0 amide bonds. The number of anilines is 1. The first-order valence-corrected chi connectivity index (χ1v) is 5.68. The van der Waals surface area contributed by atoms with Crippen molar-refractivity contribution in [3.05, 3.63) is 23.0 Å². The van der Waals surface area contributed by atoms with Crippen molar-refractivity contribution in [3.63, 3.8) is 0 Å².